The lowest BCUT2D eigenvalue weighted by molar-refractivity contribution is -0.157. The van der Waals surface area contributed by atoms with E-state index in [9.17, 15) is 50.7 Å². The summed E-state index contributed by atoms with van der Waals surface area (Å²) in [7, 11) is -7.49. The molecule has 23 heteroatoms. The summed E-state index contributed by atoms with van der Waals surface area (Å²) < 4.78 is 63.3. The molecule has 0 unspecified atom stereocenters. The van der Waals surface area contributed by atoms with Gasteiger partial charge in [-0.25, -0.2) is 37.0 Å². The van der Waals surface area contributed by atoms with Crippen molar-refractivity contribution in [1.29, 1.82) is 0 Å². The topological polar surface area (TPSA) is 281 Å². The number of hydrazine groups is 1. The zero-order chi connectivity index (χ0) is 55.5. The summed E-state index contributed by atoms with van der Waals surface area (Å²) >= 11 is 0. The fraction of sp³-hybridized carbons (Fsp3) is 0.472. The van der Waals surface area contributed by atoms with Crippen LogP contribution in [0.2, 0.25) is 0 Å². The Hall–Kier alpha value is -6.66. The van der Waals surface area contributed by atoms with Crippen molar-refractivity contribution in [3.63, 3.8) is 0 Å². The molecule has 4 aliphatic heterocycles. The van der Waals surface area contributed by atoms with Gasteiger partial charge in [-0.2, -0.15) is 8.61 Å². The molecule has 1 spiro atoms. The van der Waals surface area contributed by atoms with E-state index in [2.05, 4.69) is 21.0 Å². The van der Waals surface area contributed by atoms with Gasteiger partial charge in [-0.1, -0.05) is 74.5 Å². The van der Waals surface area contributed by atoms with Crippen LogP contribution in [0.4, 0.5) is 0 Å². The Balaban J connectivity index is 0.000000242. The first-order valence-corrected chi connectivity index (χ1v) is 28.9. The number of amides is 3. The van der Waals surface area contributed by atoms with E-state index in [4.69, 9.17) is 14.5 Å². The van der Waals surface area contributed by atoms with Crippen molar-refractivity contribution in [1.82, 2.24) is 39.6 Å². The second-order valence-corrected chi connectivity index (χ2v) is 24.0. The predicted octanol–water partition coefficient (Wildman–Crippen LogP) is 4.55. The molecule has 5 bridgehead atoms. The molecule has 4 aliphatic rings. The van der Waals surface area contributed by atoms with Crippen molar-refractivity contribution in [2.45, 2.75) is 121 Å². The molecule has 6 heterocycles. The van der Waals surface area contributed by atoms with E-state index in [0.717, 1.165) is 27.6 Å². The summed E-state index contributed by atoms with van der Waals surface area (Å²) in [5.41, 5.74) is 3.55. The van der Waals surface area contributed by atoms with Crippen LogP contribution in [0.15, 0.2) is 72.8 Å². The highest BCUT2D eigenvalue weighted by Gasteiger charge is 2.52. The molecule has 0 aliphatic carbocycles. The van der Waals surface area contributed by atoms with Gasteiger partial charge in [0.15, 0.2) is 5.54 Å². The maximum absolute atomic E-state index is 14.1. The summed E-state index contributed by atoms with van der Waals surface area (Å²) in [6.07, 6.45) is 9.57. The minimum atomic E-state index is -3.82. The van der Waals surface area contributed by atoms with Gasteiger partial charge in [0.1, 0.15) is 35.9 Å². The number of nitrogens with zero attached hydrogens (tertiary/aromatic N) is 5. The molecular formula is C53H66N8O13S2. The molecule has 4 aromatic rings. The van der Waals surface area contributed by atoms with Crippen molar-refractivity contribution in [2.24, 2.45) is 5.92 Å². The Morgan fingerprint density at radius 2 is 1.47 bits per heavy atom. The van der Waals surface area contributed by atoms with Gasteiger partial charge in [-0.05, 0) is 101 Å². The summed E-state index contributed by atoms with van der Waals surface area (Å²) in [6.45, 7) is 10.5. The van der Waals surface area contributed by atoms with Crippen LogP contribution in [0.25, 0.3) is 34.0 Å². The van der Waals surface area contributed by atoms with Crippen LogP contribution in [0.5, 0.6) is 0 Å². The molecule has 2 aromatic carbocycles. The quantitative estimate of drug-likeness (QED) is 0.176. The number of ether oxygens (including phenoxy) is 2. The molecule has 0 saturated carbocycles. The van der Waals surface area contributed by atoms with Crippen LogP contribution in [-0.4, -0.2) is 143 Å². The molecule has 21 nitrogen and oxygen atoms in total. The Morgan fingerprint density at radius 1 is 0.829 bits per heavy atom. The highest BCUT2D eigenvalue weighted by atomic mass is 32.2. The normalized spacial score (nSPS) is 26.2. The maximum atomic E-state index is 14.1. The molecule has 3 fully saturated rings. The van der Waals surface area contributed by atoms with Crippen LogP contribution < -0.4 is 16.1 Å². The molecule has 7 atom stereocenters. The number of carboxylic acid groups (broad SMARTS) is 1. The number of hydrogen-bond donors (Lipinski definition) is 4. The van der Waals surface area contributed by atoms with Crippen molar-refractivity contribution in [3.8, 4) is 0 Å². The Morgan fingerprint density at radius 3 is 2.14 bits per heavy atom. The average Bonchev–Trinajstić information content (AvgIpc) is 4.04. The highest BCUT2D eigenvalue weighted by Crippen LogP contribution is 2.36. The Kier molecular flexibility index (Phi) is 17.2. The third-order valence-electron chi connectivity index (χ3n) is 14.0. The lowest BCUT2D eigenvalue weighted by atomic mass is 9.92. The van der Waals surface area contributed by atoms with Crippen molar-refractivity contribution >= 4 is 89.6 Å². The number of cyclic esters (lactones) is 1. The minimum absolute atomic E-state index is 0.143. The number of aliphatic carboxylic acids is 1. The fourth-order valence-corrected chi connectivity index (χ4v) is 12.6. The number of fused-ring (bicyclic) bond motifs is 5. The van der Waals surface area contributed by atoms with Crippen LogP contribution in [0, 0.1) is 5.92 Å². The summed E-state index contributed by atoms with van der Waals surface area (Å²) in [5, 5.41) is 18.3. The zero-order valence-electron chi connectivity index (χ0n) is 43.8. The monoisotopic (exact) mass is 1090 g/mol. The van der Waals surface area contributed by atoms with Gasteiger partial charge < -0.3 is 25.2 Å². The summed E-state index contributed by atoms with van der Waals surface area (Å²) in [6, 6.07) is 15.5. The smallest absolute Gasteiger partial charge is 0.329 e. The number of sulfonamides is 2. The molecular weight excluding hydrogens is 1020 g/mol. The zero-order valence-corrected chi connectivity index (χ0v) is 45.4. The van der Waals surface area contributed by atoms with Crippen LogP contribution in [0.1, 0.15) is 115 Å². The van der Waals surface area contributed by atoms with Gasteiger partial charge in [0.05, 0.1) is 34.9 Å². The number of benzene rings is 2. The molecule has 2 aromatic heterocycles. The maximum Gasteiger partial charge on any atom is 0.329 e. The number of carbonyl (C=O) groups excluding carboxylic acids is 5. The number of pyridine rings is 2. The molecule has 76 heavy (non-hydrogen) atoms. The van der Waals surface area contributed by atoms with Crippen molar-refractivity contribution in [3.05, 3.63) is 95.3 Å². The molecule has 8 rings (SSSR count). The molecule has 3 saturated heterocycles. The Labute approximate surface area is 442 Å². The number of carboxylic acids is 1. The standard InChI is InChI=1S/C32H42N6O7S.C21H24N2O6S/c1-19(2)27-28(39)33-20(3)29(40)37-16-6-8-25(36-37)30(41)45-21(4)24-12-11-23-10-9-22(18-26(23)34-24)13-15-32(31(42)35-27)14-7-17-38(32)46(5,43)44;1-14(29-15(2)24)18-8-7-17-6-5-16(13-19(17)22-18)9-11-21(20(25)26)10-4-12-23(21)30(3,27)28/h9-13,15,18-21,25,27,36H,6-8,14,16-17H2,1-5H3,(H,33,39)(H,35,42);5-9,11,13-14H,4,10,12H2,1-3H3,(H,25,26)/b15-13+;11-9+/t20-,21+,25-,27-,32-;14-,21+/m01/s1. The van der Waals surface area contributed by atoms with Crippen LogP contribution in [0.3, 0.4) is 0 Å². The number of carbonyl (C=O) groups is 6. The number of hydrogen-bond acceptors (Lipinski definition) is 15. The van der Waals surface area contributed by atoms with Gasteiger partial charge in [-0.3, -0.25) is 29.0 Å². The fourth-order valence-electron chi connectivity index (χ4n) is 10.0. The van der Waals surface area contributed by atoms with E-state index >= 15 is 0 Å². The summed E-state index contributed by atoms with van der Waals surface area (Å²) in [4.78, 5) is 86.7. The SMILES string of the molecule is CC(=O)O[C@H](C)c1ccc2ccc(/C=C/[C@]3(C(=O)O)CCCN3S(C)(=O)=O)cc2n1.CC(C)[C@@H]1NC(=O)[C@@]2(/C=C/c3ccc4ccc(nc4c3)[C@@H](C)OC(=O)[C@@H]3CCCN(N3)C(=O)[C@H](C)NC1=O)CCCN2S(C)(=O)=O. The largest absolute Gasteiger partial charge is 0.480 e. The minimum Gasteiger partial charge on any atom is -0.480 e. The second kappa shape index (κ2) is 22.9. The van der Waals surface area contributed by atoms with Gasteiger partial charge in [-0.15, -0.1) is 0 Å². The average molecular weight is 1090 g/mol. The molecule has 408 valence electrons. The number of esters is 2. The van der Waals surface area contributed by atoms with E-state index in [1.807, 2.05) is 42.5 Å². The summed E-state index contributed by atoms with van der Waals surface area (Å²) in [5.74, 6) is -4.18. The molecule has 0 radical (unpaired) electrons. The predicted molar refractivity (Wildman–Crippen MR) is 283 cm³/mol. The van der Waals surface area contributed by atoms with E-state index < -0.39 is 103 Å². The second-order valence-electron chi connectivity index (χ2n) is 20.1. The first-order chi connectivity index (χ1) is 35.7. The first kappa shape index (κ1) is 57.1. The lowest BCUT2D eigenvalue weighted by Gasteiger charge is -2.36. The number of aromatic nitrogens is 2. The van der Waals surface area contributed by atoms with Gasteiger partial charge in [0.2, 0.25) is 31.9 Å². The number of nitrogens with one attached hydrogen (secondary N) is 3. The van der Waals surface area contributed by atoms with Crippen molar-refractivity contribution in [2.75, 3.05) is 32.1 Å². The third kappa shape index (κ3) is 12.6. The Bertz CT molecular complexity index is 3220. The number of rotatable bonds is 8. The van der Waals surface area contributed by atoms with E-state index in [1.165, 1.54) is 29.2 Å². The highest BCUT2D eigenvalue weighted by molar-refractivity contribution is 7.88. The molecule has 3 amide bonds. The van der Waals surface area contributed by atoms with Gasteiger partial charge in [0.25, 0.3) is 5.91 Å². The third-order valence-corrected chi connectivity index (χ3v) is 16.7. The van der Waals surface area contributed by atoms with E-state index in [0.29, 0.717) is 65.8 Å². The van der Waals surface area contributed by atoms with E-state index in [-0.39, 0.29) is 25.9 Å². The first-order valence-electron chi connectivity index (χ1n) is 25.2. The van der Waals surface area contributed by atoms with Gasteiger partial charge >= 0.3 is 17.9 Å². The van der Waals surface area contributed by atoms with E-state index in [1.54, 1.807) is 64.1 Å². The lowest BCUT2D eigenvalue weighted by Crippen LogP contribution is -2.63. The van der Waals surface area contributed by atoms with Crippen LogP contribution >= 0.6 is 0 Å². The van der Waals surface area contributed by atoms with Gasteiger partial charge in [0, 0.05) is 37.3 Å². The van der Waals surface area contributed by atoms with Crippen molar-refractivity contribution < 1.29 is 60.2 Å². The molecule has 4 N–H and O–H groups in total. The van der Waals surface area contributed by atoms with Crippen LogP contribution in [-0.2, 0) is 58.3 Å².